The van der Waals surface area contributed by atoms with Gasteiger partial charge in [0.05, 0.1) is 7.11 Å². The number of hydrogen-bond donors (Lipinski definition) is 2. The molecule has 0 unspecified atom stereocenters. The Hall–Kier alpha value is -1.78. The Labute approximate surface area is 114 Å². The maximum absolute atomic E-state index is 11.8. The van der Waals surface area contributed by atoms with Gasteiger partial charge in [0.25, 0.3) is 5.91 Å². The monoisotopic (exact) mass is 266 g/mol. The van der Waals surface area contributed by atoms with Crippen molar-refractivity contribution in [3.05, 3.63) is 18.0 Å². The summed E-state index contributed by atoms with van der Waals surface area (Å²) in [7, 11) is 1.43. The highest BCUT2D eigenvalue weighted by molar-refractivity contribution is 5.95. The van der Waals surface area contributed by atoms with Crippen molar-refractivity contribution in [1.29, 1.82) is 0 Å². The number of methoxy groups -OCH3 is 1. The summed E-state index contributed by atoms with van der Waals surface area (Å²) in [6.07, 6.45) is 7.10. The Kier molecular flexibility index (Phi) is 6.71. The zero-order valence-electron chi connectivity index (χ0n) is 11.6. The number of aromatic nitrogens is 1. The quantitative estimate of drug-likeness (QED) is 0.709. The molecule has 0 atom stereocenters. The van der Waals surface area contributed by atoms with Crippen LogP contribution in [0.3, 0.4) is 0 Å². The number of pyridine rings is 1. The lowest BCUT2D eigenvalue weighted by molar-refractivity contribution is 0.0944. The molecular weight excluding hydrogens is 244 g/mol. The molecule has 0 aliphatic heterocycles. The van der Waals surface area contributed by atoms with E-state index in [0.29, 0.717) is 6.54 Å². The number of unbranched alkanes of at least 4 members (excludes halogenated alkanes) is 4. The van der Waals surface area contributed by atoms with E-state index in [1.54, 1.807) is 0 Å². The number of rotatable bonds is 8. The van der Waals surface area contributed by atoms with Gasteiger partial charge < -0.3 is 15.2 Å². The summed E-state index contributed by atoms with van der Waals surface area (Å²) in [4.78, 5) is 15.7. The first-order valence-corrected chi connectivity index (χ1v) is 6.70. The van der Waals surface area contributed by atoms with Crippen LogP contribution in [0.4, 0.5) is 0 Å². The van der Waals surface area contributed by atoms with Crippen molar-refractivity contribution in [3.63, 3.8) is 0 Å². The number of nitrogens with zero attached hydrogens (tertiary/aromatic N) is 1. The topological polar surface area (TPSA) is 71.5 Å². The minimum absolute atomic E-state index is 0.00732. The number of aromatic hydroxyl groups is 1. The van der Waals surface area contributed by atoms with E-state index in [0.717, 1.165) is 12.8 Å². The fourth-order valence-corrected chi connectivity index (χ4v) is 1.78. The predicted octanol–water partition coefficient (Wildman–Crippen LogP) is 2.50. The van der Waals surface area contributed by atoms with Crippen molar-refractivity contribution >= 4 is 5.91 Å². The van der Waals surface area contributed by atoms with Gasteiger partial charge in [0, 0.05) is 18.8 Å². The van der Waals surface area contributed by atoms with Crippen LogP contribution in [0.25, 0.3) is 0 Å². The molecule has 5 nitrogen and oxygen atoms in total. The summed E-state index contributed by atoms with van der Waals surface area (Å²) >= 11 is 0. The van der Waals surface area contributed by atoms with Gasteiger partial charge in [0.15, 0.2) is 17.2 Å². The Morgan fingerprint density at radius 2 is 2.11 bits per heavy atom. The molecule has 0 bridgehead atoms. The Bertz CT molecular complexity index is 408. The molecule has 0 saturated heterocycles. The molecule has 1 heterocycles. The summed E-state index contributed by atoms with van der Waals surface area (Å²) in [6.45, 7) is 2.76. The Morgan fingerprint density at radius 3 is 2.79 bits per heavy atom. The fraction of sp³-hybridized carbons (Fsp3) is 0.571. The number of carbonyl (C=O) groups excluding carboxylic acids is 1. The summed E-state index contributed by atoms with van der Waals surface area (Å²) in [6, 6.07) is 1.51. The predicted molar refractivity (Wildman–Crippen MR) is 73.5 cm³/mol. The normalized spacial score (nSPS) is 10.2. The molecule has 0 fully saturated rings. The van der Waals surface area contributed by atoms with E-state index in [2.05, 4.69) is 17.2 Å². The number of amides is 1. The number of ether oxygens (including phenoxy) is 1. The van der Waals surface area contributed by atoms with E-state index >= 15 is 0 Å². The van der Waals surface area contributed by atoms with Crippen molar-refractivity contribution in [2.75, 3.05) is 13.7 Å². The molecule has 1 aromatic rings. The van der Waals surface area contributed by atoms with Gasteiger partial charge >= 0.3 is 0 Å². The van der Waals surface area contributed by atoms with Gasteiger partial charge in [-0.1, -0.05) is 32.6 Å². The zero-order valence-corrected chi connectivity index (χ0v) is 11.6. The van der Waals surface area contributed by atoms with Crippen molar-refractivity contribution in [3.8, 4) is 11.5 Å². The van der Waals surface area contributed by atoms with E-state index in [1.807, 2.05) is 0 Å². The van der Waals surface area contributed by atoms with Crippen LogP contribution in [0.15, 0.2) is 12.3 Å². The van der Waals surface area contributed by atoms with Crippen molar-refractivity contribution in [2.45, 2.75) is 39.0 Å². The number of hydrogen-bond acceptors (Lipinski definition) is 4. The van der Waals surface area contributed by atoms with Crippen LogP contribution in [0.2, 0.25) is 0 Å². The first kappa shape index (κ1) is 15.3. The SMILES string of the molecule is CCCCCCCNC(=O)c1nccc(OC)c1O. The number of nitrogens with one attached hydrogen (secondary N) is 1. The van der Waals surface area contributed by atoms with Crippen LogP contribution in [-0.2, 0) is 0 Å². The highest BCUT2D eigenvalue weighted by Gasteiger charge is 2.15. The number of carbonyl (C=O) groups is 1. The molecule has 1 rings (SSSR count). The maximum Gasteiger partial charge on any atom is 0.273 e. The summed E-state index contributed by atoms with van der Waals surface area (Å²) in [5, 5.41) is 12.5. The Morgan fingerprint density at radius 1 is 1.37 bits per heavy atom. The van der Waals surface area contributed by atoms with Gasteiger partial charge in [0.1, 0.15) is 0 Å². The second-order valence-corrected chi connectivity index (χ2v) is 4.38. The first-order chi connectivity index (χ1) is 9.20. The van der Waals surface area contributed by atoms with Crippen molar-refractivity contribution < 1.29 is 14.6 Å². The maximum atomic E-state index is 11.8. The zero-order chi connectivity index (χ0) is 14.1. The smallest absolute Gasteiger partial charge is 0.273 e. The average Bonchev–Trinajstić information content (AvgIpc) is 2.42. The highest BCUT2D eigenvalue weighted by atomic mass is 16.5. The lowest BCUT2D eigenvalue weighted by Crippen LogP contribution is -2.25. The van der Waals surface area contributed by atoms with Gasteiger partial charge in [-0.05, 0) is 6.42 Å². The molecule has 19 heavy (non-hydrogen) atoms. The molecule has 0 spiro atoms. The van der Waals surface area contributed by atoms with Crippen LogP contribution in [0.1, 0.15) is 49.5 Å². The van der Waals surface area contributed by atoms with E-state index in [1.165, 1.54) is 38.6 Å². The summed E-state index contributed by atoms with van der Waals surface area (Å²) in [5.41, 5.74) is 0.00732. The summed E-state index contributed by atoms with van der Waals surface area (Å²) in [5.74, 6) is -0.330. The molecule has 0 aromatic carbocycles. The molecule has 1 amide bonds. The third-order valence-electron chi connectivity index (χ3n) is 2.89. The lowest BCUT2D eigenvalue weighted by atomic mass is 10.1. The molecule has 0 radical (unpaired) electrons. The molecule has 0 aliphatic rings. The molecular formula is C14H22N2O3. The fourth-order valence-electron chi connectivity index (χ4n) is 1.78. The van der Waals surface area contributed by atoms with Gasteiger partial charge in [-0.2, -0.15) is 0 Å². The van der Waals surface area contributed by atoms with Crippen LogP contribution < -0.4 is 10.1 Å². The standard InChI is InChI=1S/C14H22N2O3/c1-3-4-5-6-7-9-16-14(18)12-13(17)11(19-2)8-10-15-12/h8,10,17H,3-7,9H2,1-2H3,(H,16,18). The second kappa shape index (κ2) is 8.34. The third-order valence-corrected chi connectivity index (χ3v) is 2.89. The van der Waals surface area contributed by atoms with Crippen LogP contribution in [0.5, 0.6) is 11.5 Å². The molecule has 0 saturated carbocycles. The van der Waals surface area contributed by atoms with Crippen molar-refractivity contribution in [2.24, 2.45) is 0 Å². The second-order valence-electron chi connectivity index (χ2n) is 4.38. The molecule has 1 aromatic heterocycles. The van der Waals surface area contributed by atoms with E-state index in [-0.39, 0.29) is 23.1 Å². The summed E-state index contributed by atoms with van der Waals surface area (Å²) < 4.78 is 4.94. The molecule has 106 valence electrons. The minimum Gasteiger partial charge on any atom is -0.503 e. The van der Waals surface area contributed by atoms with E-state index < -0.39 is 0 Å². The van der Waals surface area contributed by atoms with Gasteiger partial charge in [-0.3, -0.25) is 4.79 Å². The average molecular weight is 266 g/mol. The minimum atomic E-state index is -0.369. The first-order valence-electron chi connectivity index (χ1n) is 6.70. The third kappa shape index (κ3) is 4.77. The molecule has 2 N–H and O–H groups in total. The van der Waals surface area contributed by atoms with Crippen molar-refractivity contribution in [1.82, 2.24) is 10.3 Å². The van der Waals surface area contributed by atoms with Crippen LogP contribution >= 0.6 is 0 Å². The van der Waals surface area contributed by atoms with Crippen LogP contribution in [-0.4, -0.2) is 29.7 Å². The largest absolute Gasteiger partial charge is 0.503 e. The molecule has 5 heteroatoms. The Balaban J connectivity index is 2.41. The van der Waals surface area contributed by atoms with E-state index in [4.69, 9.17) is 4.74 Å². The van der Waals surface area contributed by atoms with E-state index in [9.17, 15) is 9.90 Å². The molecule has 0 aliphatic carbocycles. The van der Waals surface area contributed by atoms with Gasteiger partial charge in [-0.25, -0.2) is 4.98 Å². The highest BCUT2D eigenvalue weighted by Crippen LogP contribution is 2.27. The van der Waals surface area contributed by atoms with Gasteiger partial charge in [-0.15, -0.1) is 0 Å². The lowest BCUT2D eigenvalue weighted by Gasteiger charge is -2.08. The van der Waals surface area contributed by atoms with Crippen LogP contribution in [0, 0.1) is 0 Å². The van der Waals surface area contributed by atoms with Gasteiger partial charge in [0.2, 0.25) is 0 Å².